The minimum absolute atomic E-state index is 0.0407. The van der Waals surface area contributed by atoms with Crippen molar-refractivity contribution >= 4 is 15.9 Å². The van der Waals surface area contributed by atoms with Crippen LogP contribution in [0.4, 0.5) is 0 Å². The van der Waals surface area contributed by atoms with Gasteiger partial charge >= 0.3 is 0 Å². The summed E-state index contributed by atoms with van der Waals surface area (Å²) in [6.07, 6.45) is -0.176. The van der Waals surface area contributed by atoms with Gasteiger partial charge in [-0.1, -0.05) is 13.8 Å². The maximum atomic E-state index is 13.1. The number of amides is 1. The average Bonchev–Trinajstić information content (AvgIpc) is 2.64. The van der Waals surface area contributed by atoms with Crippen LogP contribution in [0.15, 0.2) is 23.1 Å². The van der Waals surface area contributed by atoms with Gasteiger partial charge in [0, 0.05) is 19.2 Å². The van der Waals surface area contributed by atoms with Crippen LogP contribution in [-0.4, -0.2) is 63.8 Å². The van der Waals surface area contributed by atoms with Crippen LogP contribution in [0.25, 0.3) is 0 Å². The molecule has 3 rings (SSSR count). The van der Waals surface area contributed by atoms with Crippen LogP contribution < -0.4 is 14.2 Å². The molecule has 156 valence electrons. The van der Waals surface area contributed by atoms with Crippen molar-refractivity contribution in [2.24, 2.45) is 5.92 Å². The van der Waals surface area contributed by atoms with Crippen molar-refractivity contribution in [2.45, 2.75) is 50.8 Å². The number of ether oxygens (including phenoxy) is 3. The van der Waals surface area contributed by atoms with Crippen molar-refractivity contribution in [3.63, 3.8) is 0 Å². The van der Waals surface area contributed by atoms with Crippen molar-refractivity contribution in [3.05, 3.63) is 18.2 Å². The molecule has 2 aliphatic rings. The lowest BCUT2D eigenvalue weighted by molar-refractivity contribution is -0.145. The van der Waals surface area contributed by atoms with Crippen molar-refractivity contribution in [1.29, 1.82) is 0 Å². The maximum Gasteiger partial charge on any atom is 0.241 e. The Labute approximate surface area is 166 Å². The fourth-order valence-corrected chi connectivity index (χ4v) is 4.80. The molecule has 9 heteroatoms. The molecule has 0 unspecified atom stereocenters. The number of carbonyl (C=O) groups excluding carboxylic acids is 1. The number of morpholine rings is 1. The summed E-state index contributed by atoms with van der Waals surface area (Å²) >= 11 is 0. The van der Waals surface area contributed by atoms with Gasteiger partial charge in [-0.3, -0.25) is 4.79 Å². The van der Waals surface area contributed by atoms with Crippen LogP contribution in [0.5, 0.6) is 11.5 Å². The first-order valence-electron chi connectivity index (χ1n) is 9.53. The second kappa shape index (κ2) is 8.26. The third-order valence-corrected chi connectivity index (χ3v) is 6.21. The highest BCUT2D eigenvalue weighted by atomic mass is 32.2. The number of hydrogen-bond donors (Lipinski definition) is 1. The number of rotatable bonds is 5. The topological polar surface area (TPSA) is 94.2 Å². The van der Waals surface area contributed by atoms with Gasteiger partial charge in [-0.05, 0) is 31.9 Å². The highest BCUT2D eigenvalue weighted by Crippen LogP contribution is 2.32. The van der Waals surface area contributed by atoms with Crippen LogP contribution >= 0.6 is 0 Å². The molecule has 2 heterocycles. The molecule has 2 aliphatic heterocycles. The minimum Gasteiger partial charge on any atom is -0.486 e. The Kier molecular flexibility index (Phi) is 6.16. The fraction of sp³-hybridized carbons (Fsp3) is 0.632. The Morgan fingerprint density at radius 3 is 2.32 bits per heavy atom. The van der Waals surface area contributed by atoms with Gasteiger partial charge in [0.25, 0.3) is 0 Å². The molecule has 1 aromatic rings. The second-order valence-corrected chi connectivity index (χ2v) is 9.36. The van der Waals surface area contributed by atoms with Crippen molar-refractivity contribution in [2.75, 3.05) is 26.3 Å². The molecular weight excluding hydrogens is 384 g/mol. The number of fused-ring (bicyclic) bond motifs is 1. The molecule has 8 nitrogen and oxygen atoms in total. The lowest BCUT2D eigenvalue weighted by Crippen LogP contribution is -2.56. The number of nitrogens with one attached hydrogen (secondary N) is 1. The third kappa shape index (κ3) is 4.59. The summed E-state index contributed by atoms with van der Waals surface area (Å²) in [5.74, 6) is 0.446. The van der Waals surface area contributed by atoms with Gasteiger partial charge in [-0.25, -0.2) is 8.42 Å². The summed E-state index contributed by atoms with van der Waals surface area (Å²) in [5, 5.41) is 0. The predicted octanol–water partition coefficient (Wildman–Crippen LogP) is 1.40. The number of benzene rings is 1. The Bertz CT molecular complexity index is 816. The molecule has 0 radical (unpaired) electrons. The van der Waals surface area contributed by atoms with E-state index in [1.807, 2.05) is 27.7 Å². The van der Waals surface area contributed by atoms with Gasteiger partial charge in [-0.2, -0.15) is 4.72 Å². The number of carbonyl (C=O) groups is 1. The smallest absolute Gasteiger partial charge is 0.241 e. The van der Waals surface area contributed by atoms with E-state index < -0.39 is 16.1 Å². The molecule has 0 spiro atoms. The summed E-state index contributed by atoms with van der Waals surface area (Å²) in [7, 11) is -3.91. The predicted molar refractivity (Wildman–Crippen MR) is 103 cm³/mol. The Morgan fingerprint density at radius 1 is 1.11 bits per heavy atom. The number of hydrogen-bond acceptors (Lipinski definition) is 6. The zero-order valence-electron chi connectivity index (χ0n) is 16.7. The average molecular weight is 413 g/mol. The summed E-state index contributed by atoms with van der Waals surface area (Å²) in [6.45, 7) is 9.13. The summed E-state index contributed by atoms with van der Waals surface area (Å²) in [6, 6.07) is 3.59. The van der Waals surface area contributed by atoms with E-state index in [-0.39, 0.29) is 28.9 Å². The zero-order valence-corrected chi connectivity index (χ0v) is 17.5. The number of nitrogens with zero attached hydrogens (tertiary/aromatic N) is 1. The van der Waals surface area contributed by atoms with Crippen molar-refractivity contribution < 1.29 is 27.4 Å². The normalized spacial score (nSPS) is 23.5. The van der Waals surface area contributed by atoms with Gasteiger partial charge in [0.15, 0.2) is 11.5 Å². The molecule has 1 fully saturated rings. The molecule has 3 atom stereocenters. The summed E-state index contributed by atoms with van der Waals surface area (Å²) < 4.78 is 45.1. The highest BCUT2D eigenvalue weighted by Gasteiger charge is 2.35. The first-order chi connectivity index (χ1) is 13.2. The molecular formula is C19H28N2O6S. The van der Waals surface area contributed by atoms with E-state index in [0.717, 1.165) is 0 Å². The summed E-state index contributed by atoms with van der Waals surface area (Å²) in [4.78, 5) is 14.8. The quantitative estimate of drug-likeness (QED) is 0.786. The van der Waals surface area contributed by atoms with E-state index >= 15 is 0 Å². The fourth-order valence-electron chi connectivity index (χ4n) is 3.45. The third-order valence-electron chi connectivity index (χ3n) is 4.77. The first kappa shape index (κ1) is 20.9. The maximum absolute atomic E-state index is 13.1. The van der Waals surface area contributed by atoms with E-state index in [4.69, 9.17) is 14.2 Å². The van der Waals surface area contributed by atoms with E-state index in [1.165, 1.54) is 12.1 Å². The van der Waals surface area contributed by atoms with Crippen LogP contribution in [0, 0.1) is 5.92 Å². The molecule has 0 bridgehead atoms. The Hall–Kier alpha value is -1.84. The molecule has 28 heavy (non-hydrogen) atoms. The Balaban J connectivity index is 1.80. The van der Waals surface area contributed by atoms with Crippen LogP contribution in [0.3, 0.4) is 0 Å². The minimum atomic E-state index is -3.91. The van der Waals surface area contributed by atoms with E-state index in [2.05, 4.69) is 4.72 Å². The molecule has 1 saturated heterocycles. The van der Waals surface area contributed by atoms with Gasteiger partial charge in [-0.15, -0.1) is 0 Å². The zero-order chi connectivity index (χ0) is 20.5. The largest absolute Gasteiger partial charge is 0.486 e. The van der Waals surface area contributed by atoms with Gasteiger partial charge < -0.3 is 19.1 Å². The van der Waals surface area contributed by atoms with Crippen LogP contribution in [0.1, 0.15) is 27.7 Å². The molecule has 0 aromatic heterocycles. The van der Waals surface area contributed by atoms with Crippen molar-refractivity contribution in [3.8, 4) is 11.5 Å². The Morgan fingerprint density at radius 2 is 1.71 bits per heavy atom. The number of sulfonamides is 1. The van der Waals surface area contributed by atoms with E-state index in [0.29, 0.717) is 37.8 Å². The van der Waals surface area contributed by atoms with Gasteiger partial charge in [0.2, 0.25) is 15.9 Å². The first-order valence-corrected chi connectivity index (χ1v) is 11.0. The molecule has 1 aromatic carbocycles. The van der Waals surface area contributed by atoms with Gasteiger partial charge in [0.1, 0.15) is 19.3 Å². The van der Waals surface area contributed by atoms with Crippen LogP contribution in [-0.2, 0) is 19.6 Å². The van der Waals surface area contributed by atoms with E-state index in [9.17, 15) is 13.2 Å². The highest BCUT2D eigenvalue weighted by molar-refractivity contribution is 7.89. The lowest BCUT2D eigenvalue weighted by Gasteiger charge is -2.38. The molecule has 1 N–H and O–H groups in total. The standard InChI is InChI=1S/C19H28N2O6S/c1-12(2)18(19(22)21-10-13(3)27-14(4)11-21)20-28(23,24)15-5-6-16-17(9-15)26-8-7-25-16/h5-6,9,12-14,18,20H,7-8,10-11H2,1-4H3/t13-,14+,18-/m1/s1. The van der Waals surface area contributed by atoms with E-state index in [1.54, 1.807) is 11.0 Å². The second-order valence-electron chi connectivity index (χ2n) is 7.65. The van der Waals surface area contributed by atoms with Crippen LogP contribution in [0.2, 0.25) is 0 Å². The van der Waals surface area contributed by atoms with Crippen molar-refractivity contribution in [1.82, 2.24) is 9.62 Å². The summed E-state index contributed by atoms with van der Waals surface area (Å²) in [5.41, 5.74) is 0. The monoisotopic (exact) mass is 412 g/mol. The molecule has 0 saturated carbocycles. The lowest BCUT2D eigenvalue weighted by atomic mass is 10.0. The molecule has 0 aliphatic carbocycles. The molecule has 1 amide bonds. The SMILES string of the molecule is CC(C)[C@@H](NS(=O)(=O)c1ccc2c(c1)OCCO2)C(=O)N1C[C@@H](C)O[C@@H](C)C1. The van der Waals surface area contributed by atoms with Gasteiger partial charge in [0.05, 0.1) is 17.1 Å².